The lowest BCUT2D eigenvalue weighted by atomic mass is 10.1. The van der Waals surface area contributed by atoms with Crippen molar-refractivity contribution in [3.8, 4) is 0 Å². The maximum atomic E-state index is 11.4. The first-order valence-electron chi connectivity index (χ1n) is 4.36. The number of carbonyl (C=O) groups is 2. The highest BCUT2D eigenvalue weighted by Crippen LogP contribution is 2.17. The van der Waals surface area contributed by atoms with Gasteiger partial charge >= 0.3 is 11.9 Å². The predicted octanol–water partition coefficient (Wildman–Crippen LogP) is 1.14. The molecule has 0 aromatic heterocycles. The van der Waals surface area contributed by atoms with Crippen molar-refractivity contribution < 1.29 is 19.4 Å². The number of nitrogen functional groups attached to an aromatic ring is 1. The molecule has 5 nitrogen and oxygen atoms in total. The van der Waals surface area contributed by atoms with Gasteiger partial charge in [0.15, 0.2) is 0 Å². The lowest BCUT2D eigenvalue weighted by molar-refractivity contribution is 0.0515. The van der Waals surface area contributed by atoms with Crippen LogP contribution in [0.15, 0.2) is 18.2 Å². The van der Waals surface area contributed by atoms with Gasteiger partial charge in [0.05, 0.1) is 17.7 Å². The first-order valence-corrected chi connectivity index (χ1v) is 4.36. The van der Waals surface area contributed by atoms with Crippen molar-refractivity contribution in [1.82, 2.24) is 0 Å². The maximum absolute atomic E-state index is 11.4. The molecular weight excluding hydrogens is 198 g/mol. The summed E-state index contributed by atoms with van der Waals surface area (Å²) in [6.45, 7) is 1.83. The fourth-order valence-corrected chi connectivity index (χ4v) is 1.19. The van der Waals surface area contributed by atoms with Crippen LogP contribution in [-0.4, -0.2) is 23.7 Å². The van der Waals surface area contributed by atoms with Crippen LogP contribution in [0.2, 0.25) is 0 Å². The van der Waals surface area contributed by atoms with Gasteiger partial charge in [-0.3, -0.25) is 0 Å². The molecule has 0 radical (unpaired) electrons. The van der Waals surface area contributed by atoms with Gasteiger partial charge in [-0.25, -0.2) is 9.59 Å². The van der Waals surface area contributed by atoms with Gasteiger partial charge in [-0.05, 0) is 19.1 Å². The average Bonchev–Trinajstić information content (AvgIpc) is 2.17. The second-order valence-electron chi connectivity index (χ2n) is 2.80. The smallest absolute Gasteiger partial charge is 0.339 e. The summed E-state index contributed by atoms with van der Waals surface area (Å²) in [6.07, 6.45) is 0. The Hall–Kier alpha value is -2.04. The van der Waals surface area contributed by atoms with Crippen molar-refractivity contribution in [2.45, 2.75) is 6.92 Å². The molecule has 0 unspecified atom stereocenters. The van der Waals surface area contributed by atoms with Gasteiger partial charge in [-0.1, -0.05) is 6.07 Å². The Morgan fingerprint density at radius 3 is 2.67 bits per heavy atom. The topological polar surface area (TPSA) is 89.6 Å². The summed E-state index contributed by atoms with van der Waals surface area (Å²) in [5, 5.41) is 8.88. The first kappa shape index (κ1) is 11.0. The Labute approximate surface area is 86.5 Å². The van der Waals surface area contributed by atoms with E-state index in [0.29, 0.717) is 0 Å². The molecule has 0 spiro atoms. The van der Waals surface area contributed by atoms with E-state index in [1.807, 2.05) is 0 Å². The Bertz CT molecular complexity index is 400. The second-order valence-corrected chi connectivity index (χ2v) is 2.80. The van der Waals surface area contributed by atoms with Crippen LogP contribution in [0.5, 0.6) is 0 Å². The van der Waals surface area contributed by atoms with Crippen LogP contribution >= 0.6 is 0 Å². The van der Waals surface area contributed by atoms with Crippen LogP contribution in [0.4, 0.5) is 5.69 Å². The number of aromatic carboxylic acids is 1. The van der Waals surface area contributed by atoms with E-state index < -0.39 is 11.9 Å². The molecule has 0 saturated heterocycles. The number of ether oxygens (including phenoxy) is 1. The zero-order chi connectivity index (χ0) is 11.4. The molecule has 0 aliphatic carbocycles. The molecule has 0 aliphatic heterocycles. The number of carboxylic acids is 1. The van der Waals surface area contributed by atoms with Crippen molar-refractivity contribution in [2.24, 2.45) is 0 Å². The molecule has 80 valence electrons. The zero-order valence-electron chi connectivity index (χ0n) is 8.19. The number of nitrogens with two attached hydrogens (primary N) is 1. The van der Waals surface area contributed by atoms with Crippen LogP contribution in [0, 0.1) is 0 Å². The highest BCUT2D eigenvalue weighted by Gasteiger charge is 2.19. The Kier molecular flexibility index (Phi) is 3.28. The molecule has 0 atom stereocenters. The molecular formula is C10H11NO4. The summed E-state index contributed by atoms with van der Waals surface area (Å²) in [4.78, 5) is 22.2. The quantitative estimate of drug-likeness (QED) is 0.575. The predicted molar refractivity (Wildman–Crippen MR) is 53.8 cm³/mol. The Morgan fingerprint density at radius 1 is 1.47 bits per heavy atom. The molecule has 0 bridgehead atoms. The monoisotopic (exact) mass is 209 g/mol. The molecule has 0 fully saturated rings. The van der Waals surface area contributed by atoms with Gasteiger partial charge in [0.2, 0.25) is 0 Å². The number of hydrogen-bond donors (Lipinski definition) is 2. The zero-order valence-corrected chi connectivity index (χ0v) is 8.19. The minimum atomic E-state index is -1.24. The summed E-state index contributed by atoms with van der Waals surface area (Å²) in [5.74, 6) is -1.92. The van der Waals surface area contributed by atoms with Crippen molar-refractivity contribution >= 4 is 17.6 Å². The van der Waals surface area contributed by atoms with Crippen molar-refractivity contribution in [3.63, 3.8) is 0 Å². The van der Waals surface area contributed by atoms with Gasteiger partial charge < -0.3 is 15.6 Å². The van der Waals surface area contributed by atoms with Crippen molar-refractivity contribution in [2.75, 3.05) is 12.3 Å². The van der Waals surface area contributed by atoms with Crippen LogP contribution in [-0.2, 0) is 4.74 Å². The van der Waals surface area contributed by atoms with Gasteiger partial charge in [0.25, 0.3) is 0 Å². The molecule has 1 rings (SSSR count). The fraction of sp³-hybridized carbons (Fsp3) is 0.200. The molecule has 15 heavy (non-hydrogen) atoms. The van der Waals surface area contributed by atoms with Gasteiger partial charge in [0.1, 0.15) is 0 Å². The van der Waals surface area contributed by atoms with E-state index in [0.717, 1.165) is 0 Å². The number of carboxylic acid groups (broad SMARTS) is 1. The summed E-state index contributed by atoms with van der Waals surface area (Å²) < 4.78 is 4.72. The van der Waals surface area contributed by atoms with E-state index in [1.54, 1.807) is 6.92 Å². The van der Waals surface area contributed by atoms with Crippen LogP contribution in [0.3, 0.4) is 0 Å². The first-order chi connectivity index (χ1) is 7.07. The highest BCUT2D eigenvalue weighted by atomic mass is 16.5. The molecule has 0 saturated carbocycles. The van der Waals surface area contributed by atoms with Crippen LogP contribution in [0.25, 0.3) is 0 Å². The molecule has 1 aromatic rings. The van der Waals surface area contributed by atoms with Crippen molar-refractivity contribution in [1.29, 1.82) is 0 Å². The summed E-state index contributed by atoms with van der Waals surface area (Å²) in [6, 6.07) is 4.30. The molecule has 5 heteroatoms. The van der Waals surface area contributed by atoms with Gasteiger partial charge in [0, 0.05) is 5.69 Å². The van der Waals surface area contributed by atoms with E-state index in [4.69, 9.17) is 15.6 Å². The third-order valence-electron chi connectivity index (χ3n) is 1.81. The number of carbonyl (C=O) groups excluding carboxylic acids is 1. The lowest BCUT2D eigenvalue weighted by Crippen LogP contribution is -2.13. The minimum absolute atomic E-state index is 0.0237. The number of anilines is 1. The van der Waals surface area contributed by atoms with E-state index in [1.165, 1.54) is 18.2 Å². The molecule has 0 aliphatic rings. The standard InChI is InChI=1S/C10H11NO4/c1-2-15-10(14)6-4-3-5-7(11)8(6)9(12)13/h3-5H,2,11H2,1H3,(H,12,13). The van der Waals surface area contributed by atoms with Crippen LogP contribution in [0.1, 0.15) is 27.6 Å². The number of rotatable bonds is 3. The van der Waals surface area contributed by atoms with Gasteiger partial charge in [-0.2, -0.15) is 0 Å². The third kappa shape index (κ3) is 2.25. The van der Waals surface area contributed by atoms with E-state index in [9.17, 15) is 9.59 Å². The molecule has 3 N–H and O–H groups in total. The summed E-state index contributed by atoms with van der Waals surface area (Å²) in [7, 11) is 0. The normalized spacial score (nSPS) is 9.67. The summed E-state index contributed by atoms with van der Waals surface area (Å²) >= 11 is 0. The largest absolute Gasteiger partial charge is 0.478 e. The number of benzene rings is 1. The Balaban J connectivity index is 3.23. The average molecular weight is 209 g/mol. The van der Waals surface area contributed by atoms with Crippen molar-refractivity contribution in [3.05, 3.63) is 29.3 Å². The third-order valence-corrected chi connectivity index (χ3v) is 1.81. The number of esters is 1. The van der Waals surface area contributed by atoms with Gasteiger partial charge in [-0.15, -0.1) is 0 Å². The summed E-state index contributed by atoms with van der Waals surface area (Å²) in [5.41, 5.74) is 5.28. The molecule has 1 aromatic carbocycles. The van der Waals surface area contributed by atoms with Crippen LogP contribution < -0.4 is 5.73 Å². The Morgan fingerprint density at radius 2 is 2.13 bits per heavy atom. The molecule has 0 heterocycles. The van der Waals surface area contributed by atoms with E-state index in [2.05, 4.69) is 0 Å². The molecule has 0 amide bonds. The maximum Gasteiger partial charge on any atom is 0.339 e. The fourth-order valence-electron chi connectivity index (χ4n) is 1.19. The van der Waals surface area contributed by atoms with E-state index >= 15 is 0 Å². The highest BCUT2D eigenvalue weighted by molar-refractivity contribution is 6.05. The number of hydrogen-bond acceptors (Lipinski definition) is 4. The SMILES string of the molecule is CCOC(=O)c1cccc(N)c1C(=O)O. The van der Waals surface area contributed by atoms with E-state index in [-0.39, 0.29) is 23.4 Å². The lowest BCUT2D eigenvalue weighted by Gasteiger charge is -2.07. The minimum Gasteiger partial charge on any atom is -0.478 e. The second kappa shape index (κ2) is 4.45.